The first kappa shape index (κ1) is 22.8. The van der Waals surface area contributed by atoms with E-state index in [-0.39, 0.29) is 24.0 Å². The Hall–Kier alpha value is -3.34. The van der Waals surface area contributed by atoms with Gasteiger partial charge in [0.05, 0.1) is 11.4 Å². The number of rotatable bonds is 6. The van der Waals surface area contributed by atoms with Crippen molar-refractivity contribution in [2.45, 2.75) is 24.2 Å². The Labute approximate surface area is 194 Å². The van der Waals surface area contributed by atoms with Gasteiger partial charge in [0, 0.05) is 24.0 Å². The number of ether oxygens (including phenoxy) is 1. The van der Waals surface area contributed by atoms with Crippen LogP contribution < -0.4 is 10.1 Å². The number of hydrogen-bond acceptors (Lipinski definition) is 4. The molecular formula is C26H26N2O4S. The molecule has 6 nitrogen and oxygen atoms in total. The summed E-state index contributed by atoms with van der Waals surface area (Å²) >= 11 is 0. The number of amides is 1. The number of carbonyl (C=O) groups excluding carboxylic acids is 1. The fraction of sp³-hybridized carbons (Fsp3) is 0.269. The van der Waals surface area contributed by atoms with Crippen LogP contribution in [0, 0.1) is 11.8 Å². The zero-order chi connectivity index (χ0) is 23.1. The fourth-order valence-electron chi connectivity index (χ4n) is 3.81. The molecule has 1 aliphatic rings. The van der Waals surface area contributed by atoms with E-state index in [4.69, 9.17) is 4.74 Å². The van der Waals surface area contributed by atoms with Gasteiger partial charge in [-0.25, -0.2) is 8.42 Å². The lowest BCUT2D eigenvalue weighted by Crippen LogP contribution is -2.35. The monoisotopic (exact) mass is 462 g/mol. The van der Waals surface area contributed by atoms with Gasteiger partial charge in [-0.1, -0.05) is 54.7 Å². The summed E-state index contributed by atoms with van der Waals surface area (Å²) in [7, 11) is -3.50. The minimum Gasteiger partial charge on any atom is -0.480 e. The van der Waals surface area contributed by atoms with Gasteiger partial charge >= 0.3 is 0 Å². The number of nitrogens with one attached hydrogen (secondary N) is 1. The summed E-state index contributed by atoms with van der Waals surface area (Å²) < 4.78 is 32.7. The molecule has 4 rings (SSSR count). The predicted molar refractivity (Wildman–Crippen MR) is 129 cm³/mol. The smallest absolute Gasteiger partial charge is 0.252 e. The maximum Gasteiger partial charge on any atom is 0.252 e. The van der Waals surface area contributed by atoms with Crippen molar-refractivity contribution >= 4 is 26.7 Å². The topological polar surface area (TPSA) is 75.7 Å². The van der Waals surface area contributed by atoms with Crippen LogP contribution >= 0.6 is 0 Å². The minimum absolute atomic E-state index is 0.172. The minimum atomic E-state index is -3.50. The second-order valence-corrected chi connectivity index (χ2v) is 9.73. The molecule has 0 aliphatic carbocycles. The van der Waals surface area contributed by atoms with Crippen molar-refractivity contribution in [1.29, 1.82) is 0 Å². The quantitative estimate of drug-likeness (QED) is 0.565. The molecule has 3 aromatic rings. The summed E-state index contributed by atoms with van der Waals surface area (Å²) in [5, 5.41) is 4.85. The van der Waals surface area contributed by atoms with Gasteiger partial charge in [0.1, 0.15) is 12.4 Å². The highest BCUT2D eigenvalue weighted by Crippen LogP contribution is 2.25. The normalized spacial score (nSPS) is 14.3. The number of carbonyl (C=O) groups is 1. The first-order chi connectivity index (χ1) is 16.1. The summed E-state index contributed by atoms with van der Waals surface area (Å²) in [6, 6.07) is 19.9. The van der Waals surface area contributed by atoms with Crippen LogP contribution in [0.15, 0.2) is 71.6 Å². The number of piperidine rings is 1. The number of fused-ring (bicyclic) bond motifs is 1. The van der Waals surface area contributed by atoms with E-state index >= 15 is 0 Å². The van der Waals surface area contributed by atoms with E-state index in [0.29, 0.717) is 18.7 Å². The van der Waals surface area contributed by atoms with Crippen molar-refractivity contribution in [3.8, 4) is 17.6 Å². The molecule has 0 atom stereocenters. The second-order valence-electron chi connectivity index (χ2n) is 7.79. The average Bonchev–Trinajstić information content (AvgIpc) is 2.86. The van der Waals surface area contributed by atoms with Crippen LogP contribution in [0.1, 0.15) is 29.6 Å². The largest absolute Gasteiger partial charge is 0.480 e. The summed E-state index contributed by atoms with van der Waals surface area (Å²) in [6.45, 7) is 1.49. The molecule has 33 heavy (non-hydrogen) atoms. The molecule has 0 bridgehead atoms. The highest BCUT2D eigenvalue weighted by molar-refractivity contribution is 7.89. The highest BCUT2D eigenvalue weighted by Gasteiger charge is 2.25. The van der Waals surface area contributed by atoms with E-state index in [1.165, 1.54) is 28.6 Å². The van der Waals surface area contributed by atoms with Gasteiger partial charge in [0.2, 0.25) is 10.0 Å². The van der Waals surface area contributed by atoms with E-state index < -0.39 is 10.0 Å². The van der Waals surface area contributed by atoms with Crippen LogP contribution in [-0.2, 0) is 10.0 Å². The molecule has 0 unspecified atom stereocenters. The summed E-state index contributed by atoms with van der Waals surface area (Å²) in [6.07, 6.45) is 2.82. The lowest BCUT2D eigenvalue weighted by molar-refractivity contribution is 0.0958. The van der Waals surface area contributed by atoms with Crippen LogP contribution in [0.3, 0.4) is 0 Å². The number of hydrogen-bond donors (Lipinski definition) is 1. The van der Waals surface area contributed by atoms with Crippen LogP contribution in [0.2, 0.25) is 0 Å². The van der Waals surface area contributed by atoms with Crippen LogP contribution in [0.5, 0.6) is 5.75 Å². The van der Waals surface area contributed by atoms with Crippen LogP contribution in [-0.4, -0.2) is 44.9 Å². The van der Waals surface area contributed by atoms with Gasteiger partial charge in [0.25, 0.3) is 5.91 Å². The maximum atomic E-state index is 12.7. The van der Waals surface area contributed by atoms with Crippen LogP contribution in [0.4, 0.5) is 0 Å². The Morgan fingerprint density at radius 3 is 2.42 bits per heavy atom. The standard InChI is InChI=1S/C26H26N2O4S/c29-26(22-13-15-23(16-14-22)33(30,31)28-18-5-1-6-19-28)27-17-4-7-20-32-25-12-8-10-21-9-2-3-11-24(21)25/h2-3,8-16H,1,5-6,17-20H2,(H,27,29). The predicted octanol–water partition coefficient (Wildman–Crippen LogP) is 3.83. The highest BCUT2D eigenvalue weighted by atomic mass is 32.2. The molecule has 1 N–H and O–H groups in total. The van der Waals surface area contributed by atoms with Gasteiger partial charge in [-0.3, -0.25) is 4.79 Å². The zero-order valence-corrected chi connectivity index (χ0v) is 19.1. The molecule has 1 aliphatic heterocycles. The molecule has 1 amide bonds. The van der Waals surface area contributed by atoms with Crippen molar-refractivity contribution in [2.75, 3.05) is 26.2 Å². The van der Waals surface area contributed by atoms with Crippen molar-refractivity contribution in [3.05, 3.63) is 72.3 Å². The van der Waals surface area contributed by atoms with E-state index in [1.54, 1.807) is 0 Å². The Bertz CT molecular complexity index is 1280. The summed E-state index contributed by atoms with van der Waals surface area (Å²) in [4.78, 5) is 12.6. The first-order valence-electron chi connectivity index (χ1n) is 11.0. The third-order valence-electron chi connectivity index (χ3n) is 5.58. The van der Waals surface area contributed by atoms with Gasteiger partial charge < -0.3 is 10.1 Å². The maximum absolute atomic E-state index is 12.7. The SMILES string of the molecule is O=C(NCC#CCOc1cccc2ccccc12)c1ccc(S(=O)(=O)N2CCCCC2)cc1. The number of sulfonamides is 1. The Morgan fingerprint density at radius 2 is 1.64 bits per heavy atom. The molecule has 3 aromatic carbocycles. The van der Waals surface area contributed by atoms with Gasteiger partial charge in [-0.05, 0) is 48.6 Å². The van der Waals surface area contributed by atoms with Crippen molar-refractivity contribution in [2.24, 2.45) is 0 Å². The van der Waals surface area contributed by atoms with E-state index in [2.05, 4.69) is 17.2 Å². The zero-order valence-electron chi connectivity index (χ0n) is 18.3. The molecule has 7 heteroatoms. The third-order valence-corrected chi connectivity index (χ3v) is 7.49. The molecule has 1 fully saturated rings. The summed E-state index contributed by atoms with van der Waals surface area (Å²) in [5.74, 6) is 6.24. The molecule has 0 radical (unpaired) electrons. The number of nitrogens with zero attached hydrogens (tertiary/aromatic N) is 1. The fourth-order valence-corrected chi connectivity index (χ4v) is 5.33. The molecule has 170 valence electrons. The molecular weight excluding hydrogens is 436 g/mol. The Morgan fingerprint density at radius 1 is 0.909 bits per heavy atom. The Balaban J connectivity index is 1.27. The number of benzene rings is 3. The third kappa shape index (κ3) is 5.54. The lowest BCUT2D eigenvalue weighted by Gasteiger charge is -2.25. The van der Waals surface area contributed by atoms with Gasteiger partial charge in [-0.2, -0.15) is 4.31 Å². The summed E-state index contributed by atoms with van der Waals surface area (Å²) in [5.41, 5.74) is 0.390. The second kappa shape index (κ2) is 10.5. The van der Waals surface area contributed by atoms with E-state index in [9.17, 15) is 13.2 Å². The van der Waals surface area contributed by atoms with Crippen LogP contribution in [0.25, 0.3) is 10.8 Å². The van der Waals surface area contributed by atoms with Crippen molar-refractivity contribution < 1.29 is 17.9 Å². The van der Waals surface area contributed by atoms with E-state index in [0.717, 1.165) is 35.8 Å². The molecule has 0 aromatic heterocycles. The lowest BCUT2D eigenvalue weighted by atomic mass is 10.1. The van der Waals surface area contributed by atoms with Gasteiger partial charge in [-0.15, -0.1) is 0 Å². The molecule has 0 saturated carbocycles. The molecule has 1 saturated heterocycles. The van der Waals surface area contributed by atoms with Gasteiger partial charge in [0.15, 0.2) is 0 Å². The first-order valence-corrected chi connectivity index (χ1v) is 12.4. The molecule has 0 spiro atoms. The van der Waals surface area contributed by atoms with E-state index in [1.807, 2.05) is 42.5 Å². The van der Waals surface area contributed by atoms with Crippen molar-refractivity contribution in [1.82, 2.24) is 9.62 Å². The molecule has 1 heterocycles. The van der Waals surface area contributed by atoms with Crippen molar-refractivity contribution in [3.63, 3.8) is 0 Å². The Kier molecular flexibility index (Phi) is 7.28. The average molecular weight is 463 g/mol.